The third kappa shape index (κ3) is 3.67. The molecule has 0 aliphatic heterocycles. The molecule has 0 spiro atoms. The molecular formula is C15H13Cl2N3OS. The van der Waals surface area contributed by atoms with Gasteiger partial charge >= 0.3 is 0 Å². The molecule has 0 aliphatic carbocycles. The molecule has 0 saturated carbocycles. The Balaban J connectivity index is 1.68. The van der Waals surface area contributed by atoms with Gasteiger partial charge in [-0.05, 0) is 31.3 Å². The van der Waals surface area contributed by atoms with Crippen molar-refractivity contribution in [1.82, 2.24) is 15.1 Å². The highest BCUT2D eigenvalue weighted by molar-refractivity contribution is 7.16. The van der Waals surface area contributed by atoms with Crippen LogP contribution in [0.15, 0.2) is 40.8 Å². The topological polar surface area (TPSA) is 42.2 Å². The Morgan fingerprint density at radius 3 is 2.64 bits per heavy atom. The molecular weight excluding hydrogens is 341 g/mol. The highest BCUT2D eigenvalue weighted by atomic mass is 35.5. The normalized spacial score (nSPS) is 11.3. The minimum absolute atomic E-state index is 0.438. The summed E-state index contributed by atoms with van der Waals surface area (Å²) in [7, 11) is 1.99. The second-order valence-electron chi connectivity index (χ2n) is 4.86. The van der Waals surface area contributed by atoms with E-state index in [1.54, 1.807) is 17.4 Å². The Morgan fingerprint density at radius 1 is 1.09 bits per heavy atom. The summed E-state index contributed by atoms with van der Waals surface area (Å²) in [5.74, 6) is 0.994. The molecule has 1 aromatic carbocycles. The number of hydrogen-bond donors (Lipinski definition) is 0. The monoisotopic (exact) mass is 353 g/mol. The predicted octanol–water partition coefficient (Wildman–Crippen LogP) is 4.74. The lowest BCUT2D eigenvalue weighted by atomic mass is 10.2. The summed E-state index contributed by atoms with van der Waals surface area (Å²) in [5.41, 5.74) is 0.746. The zero-order valence-corrected chi connectivity index (χ0v) is 14.1. The maximum atomic E-state index is 6.13. The number of nitrogens with zero attached hydrogens (tertiary/aromatic N) is 3. The van der Waals surface area contributed by atoms with Crippen LogP contribution in [0.2, 0.25) is 9.36 Å². The van der Waals surface area contributed by atoms with E-state index in [0.717, 1.165) is 16.4 Å². The van der Waals surface area contributed by atoms with Crippen LogP contribution in [0.5, 0.6) is 0 Å². The molecule has 0 atom stereocenters. The minimum atomic E-state index is 0.438. The highest BCUT2D eigenvalue weighted by Gasteiger charge is 2.13. The lowest BCUT2D eigenvalue weighted by Crippen LogP contribution is -2.16. The van der Waals surface area contributed by atoms with E-state index in [-0.39, 0.29) is 0 Å². The molecule has 22 heavy (non-hydrogen) atoms. The first kappa shape index (κ1) is 15.5. The van der Waals surface area contributed by atoms with Gasteiger partial charge in [-0.15, -0.1) is 21.5 Å². The molecule has 0 fully saturated rings. The quantitative estimate of drug-likeness (QED) is 0.664. The van der Waals surface area contributed by atoms with Gasteiger partial charge in [0.2, 0.25) is 11.8 Å². The van der Waals surface area contributed by atoms with E-state index in [1.807, 2.05) is 37.4 Å². The summed E-state index contributed by atoms with van der Waals surface area (Å²) in [4.78, 5) is 3.28. The molecule has 2 aromatic heterocycles. The minimum Gasteiger partial charge on any atom is -0.419 e. The lowest BCUT2D eigenvalue weighted by molar-refractivity contribution is 0.285. The second kappa shape index (κ2) is 6.79. The second-order valence-corrected chi connectivity index (χ2v) is 7.07. The average Bonchev–Trinajstić information content (AvgIpc) is 3.09. The highest BCUT2D eigenvalue weighted by Crippen LogP contribution is 2.27. The number of thiophene rings is 1. The molecule has 3 rings (SSSR count). The van der Waals surface area contributed by atoms with Crippen molar-refractivity contribution in [2.75, 3.05) is 7.05 Å². The van der Waals surface area contributed by atoms with Gasteiger partial charge < -0.3 is 4.42 Å². The number of halogens is 2. The van der Waals surface area contributed by atoms with E-state index in [9.17, 15) is 0 Å². The molecule has 2 heterocycles. The van der Waals surface area contributed by atoms with Gasteiger partial charge in [0.05, 0.1) is 21.5 Å². The van der Waals surface area contributed by atoms with Crippen LogP contribution in [0.25, 0.3) is 11.5 Å². The van der Waals surface area contributed by atoms with Crippen molar-refractivity contribution < 1.29 is 4.42 Å². The zero-order valence-electron chi connectivity index (χ0n) is 11.8. The van der Waals surface area contributed by atoms with E-state index in [1.165, 1.54) is 4.88 Å². The van der Waals surface area contributed by atoms with Gasteiger partial charge in [0, 0.05) is 11.4 Å². The Morgan fingerprint density at radius 2 is 1.91 bits per heavy atom. The molecule has 0 N–H and O–H groups in total. The van der Waals surface area contributed by atoms with Crippen LogP contribution in [-0.2, 0) is 13.1 Å². The number of hydrogen-bond acceptors (Lipinski definition) is 5. The Kier molecular flexibility index (Phi) is 4.78. The van der Waals surface area contributed by atoms with Gasteiger partial charge in [0.15, 0.2) is 0 Å². The van der Waals surface area contributed by atoms with Crippen LogP contribution in [0.4, 0.5) is 0 Å². The lowest BCUT2D eigenvalue weighted by Gasteiger charge is -2.12. The van der Waals surface area contributed by atoms with Crippen LogP contribution >= 0.6 is 34.5 Å². The van der Waals surface area contributed by atoms with Crippen molar-refractivity contribution in [3.05, 3.63) is 56.5 Å². The van der Waals surface area contributed by atoms with Crippen molar-refractivity contribution in [2.45, 2.75) is 13.1 Å². The van der Waals surface area contributed by atoms with Crippen molar-refractivity contribution >= 4 is 34.5 Å². The zero-order chi connectivity index (χ0) is 15.5. The van der Waals surface area contributed by atoms with Crippen LogP contribution in [0.3, 0.4) is 0 Å². The standard InChI is InChI=1S/C15H13Cl2N3OS/c1-20(8-10-6-7-13(17)22-10)9-14-18-19-15(21-14)11-4-2-3-5-12(11)16/h2-7H,8-9H2,1H3. The molecule has 0 aliphatic rings. The van der Waals surface area contributed by atoms with Gasteiger partial charge in [-0.3, -0.25) is 4.90 Å². The summed E-state index contributed by atoms with van der Waals surface area (Å²) in [6.45, 7) is 1.34. The summed E-state index contributed by atoms with van der Waals surface area (Å²) in [5, 5.41) is 8.74. The van der Waals surface area contributed by atoms with Crippen molar-refractivity contribution in [1.29, 1.82) is 0 Å². The van der Waals surface area contributed by atoms with Crippen LogP contribution < -0.4 is 0 Å². The van der Waals surface area contributed by atoms with E-state index < -0.39 is 0 Å². The fourth-order valence-corrected chi connectivity index (χ4v) is 3.43. The van der Waals surface area contributed by atoms with Crippen molar-refractivity contribution in [3.63, 3.8) is 0 Å². The molecule has 4 nitrogen and oxygen atoms in total. The van der Waals surface area contributed by atoms with Gasteiger partial charge in [-0.25, -0.2) is 0 Å². The third-order valence-electron chi connectivity index (χ3n) is 3.03. The van der Waals surface area contributed by atoms with Crippen molar-refractivity contribution in [3.8, 4) is 11.5 Å². The molecule has 0 bridgehead atoms. The Labute approximate surface area is 142 Å². The van der Waals surface area contributed by atoms with Gasteiger partial charge in [-0.1, -0.05) is 35.3 Å². The number of aromatic nitrogens is 2. The van der Waals surface area contributed by atoms with E-state index in [2.05, 4.69) is 15.1 Å². The molecule has 7 heteroatoms. The summed E-state index contributed by atoms with van der Waals surface area (Å²) < 4.78 is 6.49. The number of rotatable bonds is 5. The predicted molar refractivity (Wildman–Crippen MR) is 89.2 cm³/mol. The molecule has 0 amide bonds. The Bertz CT molecular complexity index is 772. The van der Waals surface area contributed by atoms with Crippen molar-refractivity contribution in [2.24, 2.45) is 0 Å². The maximum absolute atomic E-state index is 6.13. The fourth-order valence-electron chi connectivity index (χ4n) is 2.05. The fraction of sp³-hybridized carbons (Fsp3) is 0.200. The summed E-state index contributed by atoms with van der Waals surface area (Å²) >= 11 is 13.6. The first-order chi connectivity index (χ1) is 10.6. The van der Waals surface area contributed by atoms with Gasteiger partial charge in [0.25, 0.3) is 0 Å². The third-order valence-corrected chi connectivity index (χ3v) is 4.58. The largest absolute Gasteiger partial charge is 0.419 e. The van der Waals surface area contributed by atoms with E-state index in [0.29, 0.717) is 23.3 Å². The number of benzene rings is 1. The SMILES string of the molecule is CN(Cc1nnc(-c2ccccc2Cl)o1)Cc1ccc(Cl)s1. The molecule has 3 aromatic rings. The summed E-state index contributed by atoms with van der Waals surface area (Å²) in [6.07, 6.45) is 0. The van der Waals surface area contributed by atoms with Crippen LogP contribution in [-0.4, -0.2) is 22.1 Å². The first-order valence-corrected chi connectivity index (χ1v) is 8.19. The molecule has 0 saturated heterocycles. The molecule has 0 radical (unpaired) electrons. The van der Waals surface area contributed by atoms with Crippen LogP contribution in [0, 0.1) is 0 Å². The molecule has 114 valence electrons. The Hall–Kier alpha value is -1.40. The summed E-state index contributed by atoms with van der Waals surface area (Å²) in [6, 6.07) is 11.3. The van der Waals surface area contributed by atoms with Crippen LogP contribution in [0.1, 0.15) is 10.8 Å². The smallest absolute Gasteiger partial charge is 0.249 e. The average molecular weight is 354 g/mol. The van der Waals surface area contributed by atoms with Gasteiger partial charge in [-0.2, -0.15) is 0 Å². The molecule has 0 unspecified atom stereocenters. The van der Waals surface area contributed by atoms with Gasteiger partial charge in [0.1, 0.15) is 0 Å². The maximum Gasteiger partial charge on any atom is 0.249 e. The first-order valence-electron chi connectivity index (χ1n) is 6.62. The van der Waals surface area contributed by atoms with E-state index in [4.69, 9.17) is 27.6 Å². The van der Waals surface area contributed by atoms with E-state index >= 15 is 0 Å².